The molecule has 1 rings (SSSR count). The van der Waals surface area contributed by atoms with E-state index < -0.39 is 10.5 Å². The molecule has 6 heteroatoms. The second kappa shape index (κ2) is 4.84. The van der Waals surface area contributed by atoms with Gasteiger partial charge in [-0.1, -0.05) is 0 Å². The van der Waals surface area contributed by atoms with E-state index in [0.29, 0.717) is 0 Å². The summed E-state index contributed by atoms with van der Waals surface area (Å²) in [5, 5.41) is -1.56. The third-order valence-electron chi connectivity index (χ3n) is 1.60. The zero-order chi connectivity index (χ0) is 11.4. The normalized spacial score (nSPS) is 9.20. The summed E-state index contributed by atoms with van der Waals surface area (Å²) in [4.78, 5) is 35.0. The fourth-order valence-corrected chi connectivity index (χ4v) is 1.23. The van der Waals surface area contributed by atoms with Crippen LogP contribution in [0.3, 0.4) is 0 Å². The van der Waals surface area contributed by atoms with Crippen molar-refractivity contribution in [3.8, 4) is 0 Å². The molecule has 1 aromatic carbocycles. The molecule has 0 unspecified atom stereocenters. The molecule has 0 bridgehead atoms. The van der Waals surface area contributed by atoms with Crippen LogP contribution in [0, 0.1) is 0 Å². The first kappa shape index (κ1) is 11.6. The fraction of sp³-hybridized carbons (Fsp3) is 0. The van der Waals surface area contributed by atoms with Crippen molar-refractivity contribution in [1.29, 1.82) is 0 Å². The summed E-state index contributed by atoms with van der Waals surface area (Å²) in [6, 6.07) is 3.78. The van der Waals surface area contributed by atoms with Gasteiger partial charge in [0, 0.05) is 5.56 Å². The molecule has 0 saturated heterocycles. The van der Waals surface area contributed by atoms with Crippen molar-refractivity contribution in [3.05, 3.63) is 29.3 Å². The van der Waals surface area contributed by atoms with Gasteiger partial charge in [-0.05, 0) is 41.4 Å². The van der Waals surface area contributed by atoms with E-state index in [2.05, 4.69) is 4.99 Å². The first-order valence-corrected chi connectivity index (χ1v) is 4.43. The number of benzene rings is 1. The number of hydrogen-bond acceptors (Lipinski definition) is 4. The summed E-state index contributed by atoms with van der Waals surface area (Å²) in [7, 11) is 0. The van der Waals surface area contributed by atoms with E-state index in [-0.39, 0.29) is 16.8 Å². The molecular formula is C9H3Cl2NO3. The Balaban J connectivity index is 3.39. The third-order valence-corrected chi connectivity index (χ3v) is 2.02. The van der Waals surface area contributed by atoms with Crippen LogP contribution in [0.5, 0.6) is 0 Å². The highest BCUT2D eigenvalue weighted by Gasteiger charge is 2.12. The van der Waals surface area contributed by atoms with Gasteiger partial charge < -0.3 is 0 Å². The van der Waals surface area contributed by atoms with Gasteiger partial charge in [0.1, 0.15) is 0 Å². The first-order valence-electron chi connectivity index (χ1n) is 3.68. The Kier molecular flexibility index (Phi) is 3.74. The van der Waals surface area contributed by atoms with Gasteiger partial charge in [0.25, 0.3) is 10.5 Å². The number of rotatable bonds is 3. The van der Waals surface area contributed by atoms with E-state index in [0.717, 1.165) is 0 Å². The maximum atomic E-state index is 10.9. The minimum atomic E-state index is -0.830. The summed E-state index contributed by atoms with van der Waals surface area (Å²) in [6.45, 7) is 0. The Morgan fingerprint density at radius 2 is 1.87 bits per heavy atom. The smallest absolute Gasteiger partial charge is 0.254 e. The standard InChI is InChI=1S/C9H3Cl2NO3/c10-8(14)5-1-2-7(12-4-13)6(3-5)9(11)15/h1-3H. The van der Waals surface area contributed by atoms with E-state index in [1.54, 1.807) is 0 Å². The van der Waals surface area contributed by atoms with Crippen molar-refractivity contribution in [2.75, 3.05) is 0 Å². The summed E-state index contributed by atoms with van der Waals surface area (Å²) >= 11 is 10.4. The number of halogens is 2. The number of nitrogens with zero attached hydrogens (tertiary/aromatic N) is 1. The lowest BCUT2D eigenvalue weighted by Gasteiger charge is -2.00. The van der Waals surface area contributed by atoms with Gasteiger partial charge in [0.2, 0.25) is 6.08 Å². The van der Waals surface area contributed by atoms with E-state index >= 15 is 0 Å². The van der Waals surface area contributed by atoms with E-state index in [1.165, 1.54) is 24.3 Å². The van der Waals surface area contributed by atoms with Gasteiger partial charge in [-0.25, -0.2) is 4.79 Å². The average Bonchev–Trinajstić information content (AvgIpc) is 2.18. The zero-order valence-corrected chi connectivity index (χ0v) is 8.67. The summed E-state index contributed by atoms with van der Waals surface area (Å²) in [6.07, 6.45) is 1.27. The molecule has 0 fully saturated rings. The Labute approximate surface area is 94.5 Å². The molecule has 0 atom stereocenters. The topological polar surface area (TPSA) is 63.6 Å². The molecule has 0 N–H and O–H groups in total. The van der Waals surface area contributed by atoms with Crippen LogP contribution >= 0.6 is 23.2 Å². The minimum absolute atomic E-state index is 0.0478. The molecule has 0 aliphatic heterocycles. The van der Waals surface area contributed by atoms with Crippen LogP contribution < -0.4 is 0 Å². The lowest BCUT2D eigenvalue weighted by Crippen LogP contribution is -1.95. The van der Waals surface area contributed by atoms with Gasteiger partial charge in [-0.15, -0.1) is 0 Å². The van der Waals surface area contributed by atoms with Gasteiger partial charge in [-0.3, -0.25) is 9.59 Å². The molecule has 4 nitrogen and oxygen atoms in total. The van der Waals surface area contributed by atoms with Crippen molar-refractivity contribution in [2.45, 2.75) is 0 Å². The quantitative estimate of drug-likeness (QED) is 0.466. The van der Waals surface area contributed by atoms with Gasteiger partial charge in [-0.2, -0.15) is 4.99 Å². The van der Waals surface area contributed by atoms with Crippen molar-refractivity contribution < 1.29 is 14.4 Å². The molecule has 0 heterocycles. The second-order valence-corrected chi connectivity index (χ2v) is 3.17. The molecule has 15 heavy (non-hydrogen) atoms. The van der Waals surface area contributed by atoms with Gasteiger partial charge >= 0.3 is 0 Å². The van der Waals surface area contributed by atoms with Crippen LogP contribution in [0.2, 0.25) is 0 Å². The van der Waals surface area contributed by atoms with Crippen molar-refractivity contribution in [1.82, 2.24) is 0 Å². The highest BCUT2D eigenvalue weighted by molar-refractivity contribution is 6.69. The molecule has 0 spiro atoms. The van der Waals surface area contributed by atoms with E-state index in [4.69, 9.17) is 23.2 Å². The van der Waals surface area contributed by atoms with Crippen LogP contribution in [-0.2, 0) is 4.79 Å². The Morgan fingerprint density at radius 1 is 1.20 bits per heavy atom. The van der Waals surface area contributed by atoms with Gasteiger partial charge in [0.15, 0.2) is 0 Å². The molecule has 0 aliphatic rings. The summed E-state index contributed by atoms with van der Waals surface area (Å²) in [5.41, 5.74) is 0.0868. The first-order chi connectivity index (χ1) is 7.06. The predicted molar refractivity (Wildman–Crippen MR) is 54.6 cm³/mol. The monoisotopic (exact) mass is 243 g/mol. The highest BCUT2D eigenvalue weighted by Crippen LogP contribution is 2.22. The zero-order valence-electron chi connectivity index (χ0n) is 7.16. The molecule has 1 aromatic rings. The Hall–Kier alpha value is -1.48. The largest absolute Gasteiger partial charge is 0.276 e. The van der Waals surface area contributed by atoms with Crippen molar-refractivity contribution >= 4 is 45.5 Å². The fourth-order valence-electron chi connectivity index (χ4n) is 0.962. The van der Waals surface area contributed by atoms with Crippen molar-refractivity contribution in [3.63, 3.8) is 0 Å². The minimum Gasteiger partial charge on any atom is -0.276 e. The Bertz CT molecular complexity index is 478. The lowest BCUT2D eigenvalue weighted by molar-refractivity contribution is 0.108. The van der Waals surface area contributed by atoms with Crippen LogP contribution in [0.25, 0.3) is 0 Å². The molecule has 0 aromatic heterocycles. The van der Waals surface area contributed by atoms with Crippen LogP contribution in [0.15, 0.2) is 23.2 Å². The SMILES string of the molecule is O=C=Nc1ccc(C(=O)Cl)cc1C(=O)Cl. The Morgan fingerprint density at radius 3 is 2.33 bits per heavy atom. The van der Waals surface area contributed by atoms with Crippen LogP contribution in [-0.4, -0.2) is 16.6 Å². The highest BCUT2D eigenvalue weighted by atomic mass is 35.5. The summed E-state index contributed by atoms with van der Waals surface area (Å²) in [5.74, 6) is 0. The number of carbonyl (C=O) groups is 2. The average molecular weight is 244 g/mol. The molecule has 0 radical (unpaired) electrons. The van der Waals surface area contributed by atoms with Crippen LogP contribution in [0.4, 0.5) is 5.69 Å². The second-order valence-electron chi connectivity index (χ2n) is 2.48. The molecule has 0 saturated carbocycles. The van der Waals surface area contributed by atoms with Gasteiger partial charge in [0.05, 0.1) is 11.3 Å². The number of hydrogen-bond donors (Lipinski definition) is 0. The maximum Gasteiger partial charge on any atom is 0.254 e. The molecule has 0 amide bonds. The number of carbonyl (C=O) groups excluding carboxylic acids is 3. The van der Waals surface area contributed by atoms with Crippen molar-refractivity contribution in [2.24, 2.45) is 4.99 Å². The van der Waals surface area contributed by atoms with E-state index in [1.807, 2.05) is 0 Å². The maximum absolute atomic E-state index is 10.9. The number of isocyanates is 1. The predicted octanol–water partition coefficient (Wildman–Crippen LogP) is 2.41. The summed E-state index contributed by atoms with van der Waals surface area (Å²) < 4.78 is 0. The molecule has 0 aliphatic carbocycles. The lowest BCUT2D eigenvalue weighted by atomic mass is 10.1. The van der Waals surface area contributed by atoms with Crippen LogP contribution in [0.1, 0.15) is 20.7 Å². The molecular weight excluding hydrogens is 241 g/mol. The number of aliphatic imine (C=N–C) groups is 1. The third kappa shape index (κ3) is 2.73. The molecule has 76 valence electrons. The van der Waals surface area contributed by atoms with E-state index in [9.17, 15) is 14.4 Å².